The summed E-state index contributed by atoms with van der Waals surface area (Å²) in [6.45, 7) is 0. The van der Waals surface area contributed by atoms with Gasteiger partial charge in [-0.1, -0.05) is 56.1 Å². The van der Waals surface area contributed by atoms with E-state index in [9.17, 15) is 25.9 Å². The van der Waals surface area contributed by atoms with E-state index < -0.39 is 20.8 Å². The Morgan fingerprint density at radius 3 is 1.19 bits per heavy atom. The van der Waals surface area contributed by atoms with E-state index in [-0.39, 0.29) is 11.5 Å². The number of halogens is 2. The average molecular weight is 652 g/mol. The molecule has 0 heterocycles. The summed E-state index contributed by atoms with van der Waals surface area (Å²) >= 11 is 6.78. The average Bonchev–Trinajstić information content (AvgIpc) is 2.78. The first-order chi connectivity index (χ1) is 16.9. The van der Waals surface area contributed by atoms with Crippen molar-refractivity contribution in [2.45, 2.75) is 0 Å². The first-order valence-corrected chi connectivity index (χ1v) is 14.5. The van der Waals surface area contributed by atoms with Crippen molar-refractivity contribution in [1.82, 2.24) is 0 Å². The summed E-state index contributed by atoms with van der Waals surface area (Å²) in [5.74, 6) is -0.160. The Morgan fingerprint density at radius 1 is 0.500 bits per heavy atom. The number of hydrogen-bond acceptors (Lipinski definition) is 6. The molecule has 0 radical (unpaired) electrons. The molecule has 0 spiro atoms. The monoisotopic (exact) mass is 650 g/mol. The molecule has 0 amide bonds. The molecule has 0 unspecified atom stereocenters. The molecular weight excluding hydrogens is 640 g/mol. The van der Waals surface area contributed by atoms with Gasteiger partial charge in [-0.15, -0.1) is 0 Å². The highest BCUT2D eigenvalue weighted by atomic mass is 79.9. The van der Waals surface area contributed by atoms with Crippen molar-refractivity contribution < 1.29 is 34.3 Å². The lowest BCUT2D eigenvalue weighted by Crippen LogP contribution is -2.08. The summed E-state index contributed by atoms with van der Waals surface area (Å²) < 4.78 is 77.8. The van der Waals surface area contributed by atoms with Crippen molar-refractivity contribution in [2.24, 2.45) is 0 Å². The van der Waals surface area contributed by atoms with E-state index in [0.29, 0.717) is 52.0 Å². The van der Waals surface area contributed by atoms with Crippen LogP contribution in [0, 0.1) is 0 Å². The number of rotatable bonds is 4. The van der Waals surface area contributed by atoms with Crippen LogP contribution in [0.1, 0.15) is 0 Å². The molecule has 0 atom stereocenters. The standard InChI is InChI=1S/C24H12Br2O8S2/c25-11-1-3-13-15-5-7-18-22-16(14-4-2-12(26)10-20(14)24(18)34-36(30,31)32)6-8-17(21(15)22)23(19(13)9-11)33-35(27,28)29/h1-10H,(H,27,28,29)(H,30,31,32). The minimum Gasteiger partial charge on any atom is -0.360 e. The molecule has 0 fully saturated rings. The molecule has 36 heavy (non-hydrogen) atoms. The zero-order chi connectivity index (χ0) is 25.6. The van der Waals surface area contributed by atoms with Crippen LogP contribution in [-0.4, -0.2) is 25.9 Å². The maximum Gasteiger partial charge on any atom is 0.446 e. The summed E-state index contributed by atoms with van der Waals surface area (Å²) in [5.41, 5.74) is 0. The second-order valence-corrected chi connectivity index (χ2v) is 12.0. The lowest BCUT2D eigenvalue weighted by atomic mass is 9.88. The maximum absolute atomic E-state index is 11.8. The summed E-state index contributed by atoms with van der Waals surface area (Å²) in [7, 11) is -9.76. The van der Waals surface area contributed by atoms with Gasteiger partial charge in [-0.25, -0.2) is 0 Å². The molecule has 0 aliphatic rings. The molecule has 182 valence electrons. The number of hydrogen-bond donors (Lipinski definition) is 2. The third-order valence-corrected chi connectivity index (χ3v) is 7.80. The highest BCUT2D eigenvalue weighted by molar-refractivity contribution is 9.10. The van der Waals surface area contributed by atoms with Crippen LogP contribution in [0.3, 0.4) is 0 Å². The molecule has 6 aromatic rings. The van der Waals surface area contributed by atoms with Gasteiger partial charge in [-0.05, 0) is 57.9 Å². The zero-order valence-corrected chi connectivity index (χ0v) is 22.5. The third kappa shape index (κ3) is 3.76. The summed E-state index contributed by atoms with van der Waals surface area (Å²) in [4.78, 5) is 0. The maximum atomic E-state index is 11.8. The van der Waals surface area contributed by atoms with Gasteiger partial charge in [0, 0.05) is 41.3 Å². The molecule has 0 saturated carbocycles. The van der Waals surface area contributed by atoms with Gasteiger partial charge < -0.3 is 8.37 Å². The van der Waals surface area contributed by atoms with Crippen LogP contribution >= 0.6 is 31.9 Å². The van der Waals surface area contributed by atoms with Crippen molar-refractivity contribution in [1.29, 1.82) is 0 Å². The molecule has 8 nitrogen and oxygen atoms in total. The summed E-state index contributed by atoms with van der Waals surface area (Å²) in [6.07, 6.45) is 0. The Balaban J connectivity index is 1.92. The zero-order valence-electron chi connectivity index (χ0n) is 17.7. The fourth-order valence-corrected chi connectivity index (χ4v) is 6.38. The SMILES string of the molecule is O=S(=O)(O)Oc1c2cc(Br)ccc2c2ccc3c(OS(=O)(=O)O)c4cc(Br)ccc4c4ccc1c2c34. The molecule has 0 aliphatic heterocycles. The van der Waals surface area contributed by atoms with Gasteiger partial charge in [0.15, 0.2) is 11.5 Å². The van der Waals surface area contributed by atoms with Gasteiger partial charge >= 0.3 is 20.8 Å². The second kappa shape index (κ2) is 7.88. The predicted molar refractivity (Wildman–Crippen MR) is 145 cm³/mol. The lowest BCUT2D eigenvalue weighted by Gasteiger charge is -2.20. The smallest absolute Gasteiger partial charge is 0.360 e. The van der Waals surface area contributed by atoms with Crippen molar-refractivity contribution >= 4 is 107 Å². The molecule has 2 N–H and O–H groups in total. The van der Waals surface area contributed by atoms with E-state index >= 15 is 0 Å². The van der Waals surface area contributed by atoms with Crippen LogP contribution in [0.2, 0.25) is 0 Å². The quantitative estimate of drug-likeness (QED) is 0.121. The molecule has 6 rings (SSSR count). The van der Waals surface area contributed by atoms with Crippen LogP contribution < -0.4 is 8.37 Å². The molecule has 0 saturated heterocycles. The van der Waals surface area contributed by atoms with Gasteiger partial charge in [0.1, 0.15) is 0 Å². The molecular formula is C24H12Br2O8S2. The van der Waals surface area contributed by atoms with E-state index in [2.05, 4.69) is 31.9 Å². The minimum absolute atomic E-state index is 0.0798. The van der Waals surface area contributed by atoms with Gasteiger partial charge in [-0.3, -0.25) is 9.11 Å². The van der Waals surface area contributed by atoms with E-state index in [1.54, 1.807) is 60.7 Å². The molecule has 0 aliphatic carbocycles. The highest BCUT2D eigenvalue weighted by Crippen LogP contribution is 2.49. The van der Waals surface area contributed by atoms with Gasteiger partial charge in [0.2, 0.25) is 0 Å². The number of fused-ring (bicyclic) bond motifs is 4. The Labute approximate surface area is 220 Å². The highest BCUT2D eigenvalue weighted by Gasteiger charge is 2.24. The first kappa shape index (κ1) is 23.6. The van der Waals surface area contributed by atoms with E-state index in [1.165, 1.54) is 0 Å². The van der Waals surface area contributed by atoms with Crippen LogP contribution in [-0.2, 0) is 20.8 Å². The normalized spacial score (nSPS) is 12.9. The van der Waals surface area contributed by atoms with Crippen molar-refractivity contribution in [2.75, 3.05) is 0 Å². The van der Waals surface area contributed by atoms with E-state index in [1.807, 2.05) is 0 Å². The molecule has 0 aromatic heterocycles. The lowest BCUT2D eigenvalue weighted by molar-refractivity contribution is 0.387. The largest absolute Gasteiger partial charge is 0.446 e. The van der Waals surface area contributed by atoms with Gasteiger partial charge in [0.05, 0.1) is 0 Å². The van der Waals surface area contributed by atoms with E-state index in [4.69, 9.17) is 8.37 Å². The third-order valence-electron chi connectivity index (χ3n) is 6.06. The van der Waals surface area contributed by atoms with Crippen molar-refractivity contribution in [3.63, 3.8) is 0 Å². The van der Waals surface area contributed by atoms with Crippen molar-refractivity contribution in [3.8, 4) is 11.5 Å². The van der Waals surface area contributed by atoms with E-state index in [0.717, 1.165) is 10.8 Å². The first-order valence-electron chi connectivity index (χ1n) is 10.2. The minimum atomic E-state index is -4.88. The Kier molecular flexibility index (Phi) is 5.17. The van der Waals surface area contributed by atoms with Crippen LogP contribution in [0.15, 0.2) is 69.6 Å². The van der Waals surface area contributed by atoms with Gasteiger partial charge in [-0.2, -0.15) is 16.8 Å². The summed E-state index contributed by atoms with van der Waals surface area (Å²) in [5, 5.41) is 5.55. The second-order valence-electron chi connectivity index (χ2n) is 8.13. The Bertz CT molecular complexity index is 1970. The van der Waals surface area contributed by atoms with Crippen LogP contribution in [0.4, 0.5) is 0 Å². The van der Waals surface area contributed by atoms with Crippen LogP contribution in [0.25, 0.3) is 53.9 Å². The molecule has 6 aromatic carbocycles. The topological polar surface area (TPSA) is 127 Å². The van der Waals surface area contributed by atoms with Crippen LogP contribution in [0.5, 0.6) is 11.5 Å². The van der Waals surface area contributed by atoms with Gasteiger partial charge in [0.25, 0.3) is 0 Å². The van der Waals surface area contributed by atoms with Crippen molar-refractivity contribution in [3.05, 3.63) is 69.6 Å². The summed E-state index contributed by atoms with van der Waals surface area (Å²) in [6, 6.07) is 17.4. The fourth-order valence-electron chi connectivity index (χ4n) is 4.88. The predicted octanol–water partition coefficient (Wildman–Crippen LogP) is 6.78. The fraction of sp³-hybridized carbons (Fsp3) is 0. The molecule has 12 heteroatoms. The Morgan fingerprint density at radius 2 is 0.833 bits per heavy atom. The number of benzene rings is 6. The molecule has 0 bridgehead atoms. The Hall–Kier alpha value is -2.74.